The van der Waals surface area contributed by atoms with Crippen LogP contribution >= 0.6 is 0 Å². The molecule has 20 heavy (non-hydrogen) atoms. The monoisotopic (exact) mass is 278 g/mol. The molecule has 0 saturated carbocycles. The highest BCUT2D eigenvalue weighted by Gasteiger charge is 2.13. The van der Waals surface area contributed by atoms with Crippen molar-refractivity contribution in [1.29, 1.82) is 0 Å². The number of nitrogens with two attached hydrogens (primary N) is 1. The van der Waals surface area contributed by atoms with Crippen molar-refractivity contribution in [3.63, 3.8) is 0 Å². The number of benzene rings is 1. The van der Waals surface area contributed by atoms with E-state index in [0.29, 0.717) is 12.5 Å². The predicted octanol–water partition coefficient (Wildman–Crippen LogP) is 1.78. The van der Waals surface area contributed by atoms with Crippen molar-refractivity contribution < 1.29 is 14.3 Å². The minimum atomic E-state index is -0.349. The van der Waals surface area contributed by atoms with Gasteiger partial charge in [-0.25, -0.2) is 0 Å². The van der Waals surface area contributed by atoms with E-state index in [1.807, 2.05) is 24.3 Å². The maximum absolute atomic E-state index is 10.6. The summed E-state index contributed by atoms with van der Waals surface area (Å²) < 4.78 is 10.9. The second-order valence-electron chi connectivity index (χ2n) is 5.05. The summed E-state index contributed by atoms with van der Waals surface area (Å²) in [4.78, 5) is 10.6. The molecule has 1 aliphatic rings. The Morgan fingerprint density at radius 3 is 2.85 bits per heavy atom. The van der Waals surface area contributed by atoms with Crippen molar-refractivity contribution in [2.75, 3.05) is 31.7 Å². The molecule has 1 fully saturated rings. The normalized spacial score (nSPS) is 18.5. The van der Waals surface area contributed by atoms with Gasteiger partial charge in [0.15, 0.2) is 0 Å². The molecule has 1 aliphatic heterocycles. The first-order chi connectivity index (χ1) is 9.74. The van der Waals surface area contributed by atoms with Crippen LogP contribution in [0.1, 0.15) is 19.3 Å². The minimum Gasteiger partial charge on any atom is -0.493 e. The van der Waals surface area contributed by atoms with E-state index >= 15 is 0 Å². The predicted molar refractivity (Wildman–Crippen MR) is 77.8 cm³/mol. The maximum atomic E-state index is 10.6. The van der Waals surface area contributed by atoms with E-state index in [4.69, 9.17) is 15.2 Å². The van der Waals surface area contributed by atoms with Gasteiger partial charge >= 0.3 is 0 Å². The third-order valence-corrected chi connectivity index (χ3v) is 3.32. The lowest BCUT2D eigenvalue weighted by Gasteiger charge is -2.22. The number of hydrogen-bond donors (Lipinski definition) is 2. The quantitative estimate of drug-likeness (QED) is 0.797. The average Bonchev–Trinajstić information content (AvgIpc) is 2.47. The topological polar surface area (TPSA) is 73.6 Å². The van der Waals surface area contributed by atoms with Crippen molar-refractivity contribution >= 4 is 11.6 Å². The Morgan fingerprint density at radius 2 is 2.20 bits per heavy atom. The molecule has 2 rings (SSSR count). The molecule has 1 heterocycles. The second-order valence-corrected chi connectivity index (χ2v) is 5.05. The molecule has 1 amide bonds. The van der Waals surface area contributed by atoms with Gasteiger partial charge in [0.1, 0.15) is 5.75 Å². The molecule has 0 aromatic heterocycles. The highest BCUT2D eigenvalue weighted by molar-refractivity contribution is 5.73. The number of carbonyl (C=O) groups excluding carboxylic acids is 1. The van der Waals surface area contributed by atoms with Crippen LogP contribution in [0.5, 0.6) is 5.75 Å². The van der Waals surface area contributed by atoms with Gasteiger partial charge in [-0.3, -0.25) is 4.79 Å². The fourth-order valence-electron chi connectivity index (χ4n) is 2.17. The van der Waals surface area contributed by atoms with E-state index in [9.17, 15) is 4.79 Å². The number of anilines is 1. The van der Waals surface area contributed by atoms with Crippen LogP contribution in [0.2, 0.25) is 0 Å². The average molecular weight is 278 g/mol. The molecule has 0 aliphatic carbocycles. The number of nitrogens with one attached hydrogen (secondary N) is 1. The van der Waals surface area contributed by atoms with E-state index in [-0.39, 0.29) is 12.3 Å². The van der Waals surface area contributed by atoms with Crippen molar-refractivity contribution in [1.82, 2.24) is 0 Å². The van der Waals surface area contributed by atoms with Crippen molar-refractivity contribution in [3.05, 3.63) is 24.3 Å². The Labute approximate surface area is 119 Å². The smallest absolute Gasteiger partial charge is 0.220 e. The van der Waals surface area contributed by atoms with Crippen molar-refractivity contribution in [2.45, 2.75) is 19.3 Å². The molecule has 0 bridgehead atoms. The second kappa shape index (κ2) is 7.75. The van der Waals surface area contributed by atoms with Crippen LogP contribution in [0.4, 0.5) is 5.69 Å². The lowest BCUT2D eigenvalue weighted by atomic mass is 10.0. The Hall–Kier alpha value is -1.75. The minimum absolute atomic E-state index is 0.238. The van der Waals surface area contributed by atoms with Gasteiger partial charge < -0.3 is 20.5 Å². The van der Waals surface area contributed by atoms with Crippen molar-refractivity contribution in [3.8, 4) is 5.75 Å². The molecular weight excluding hydrogens is 256 g/mol. The molecular formula is C15H22N2O3. The van der Waals surface area contributed by atoms with Gasteiger partial charge in [-0.1, -0.05) is 0 Å². The van der Waals surface area contributed by atoms with E-state index in [2.05, 4.69) is 5.32 Å². The first-order valence-electron chi connectivity index (χ1n) is 7.07. The van der Waals surface area contributed by atoms with Crippen molar-refractivity contribution in [2.24, 2.45) is 11.7 Å². The molecule has 1 unspecified atom stereocenters. The number of primary amides is 1. The first kappa shape index (κ1) is 14.7. The van der Waals surface area contributed by atoms with Crippen LogP contribution in [-0.4, -0.2) is 32.3 Å². The first-order valence-corrected chi connectivity index (χ1v) is 7.07. The highest BCUT2D eigenvalue weighted by atomic mass is 16.5. The zero-order valence-corrected chi connectivity index (χ0v) is 11.6. The van der Waals surface area contributed by atoms with Gasteiger partial charge in [-0.15, -0.1) is 0 Å². The van der Waals surface area contributed by atoms with Crippen LogP contribution in [0.3, 0.4) is 0 Å². The largest absolute Gasteiger partial charge is 0.493 e. The summed E-state index contributed by atoms with van der Waals surface area (Å²) >= 11 is 0. The summed E-state index contributed by atoms with van der Waals surface area (Å²) in [6.07, 6.45) is 2.61. The zero-order chi connectivity index (χ0) is 14.2. The summed E-state index contributed by atoms with van der Waals surface area (Å²) in [5.74, 6) is 0.992. The van der Waals surface area contributed by atoms with Gasteiger partial charge in [0.25, 0.3) is 0 Å². The number of amides is 1. The lowest BCUT2D eigenvalue weighted by molar-refractivity contribution is -0.118. The molecule has 110 valence electrons. The molecule has 0 spiro atoms. The van der Waals surface area contributed by atoms with Gasteiger partial charge in [0.2, 0.25) is 5.91 Å². The SMILES string of the molecule is NC(=O)CCOc1ccc(NCC2CCCOC2)cc1. The molecule has 3 N–H and O–H groups in total. The van der Waals surface area contributed by atoms with E-state index in [1.165, 1.54) is 6.42 Å². The summed E-state index contributed by atoms with van der Waals surface area (Å²) in [5.41, 5.74) is 6.12. The Kier molecular flexibility index (Phi) is 5.68. The van der Waals surface area contributed by atoms with E-state index < -0.39 is 0 Å². The van der Waals surface area contributed by atoms with E-state index in [1.54, 1.807) is 0 Å². The number of hydrogen-bond acceptors (Lipinski definition) is 4. The summed E-state index contributed by atoms with van der Waals surface area (Å²) in [6.45, 7) is 3.00. The van der Waals surface area contributed by atoms with Gasteiger partial charge in [-0.05, 0) is 43.0 Å². The zero-order valence-electron chi connectivity index (χ0n) is 11.6. The Balaban J connectivity index is 1.71. The fourth-order valence-corrected chi connectivity index (χ4v) is 2.17. The number of ether oxygens (including phenoxy) is 2. The number of carbonyl (C=O) groups is 1. The van der Waals surface area contributed by atoms with Crippen LogP contribution < -0.4 is 15.8 Å². The fraction of sp³-hybridized carbons (Fsp3) is 0.533. The molecule has 1 saturated heterocycles. The number of rotatable bonds is 7. The Bertz CT molecular complexity index is 414. The third kappa shape index (κ3) is 5.09. The third-order valence-electron chi connectivity index (χ3n) is 3.32. The van der Waals surface area contributed by atoms with Crippen LogP contribution in [0.25, 0.3) is 0 Å². The van der Waals surface area contributed by atoms with Crippen LogP contribution in [0, 0.1) is 5.92 Å². The molecule has 1 aromatic rings. The molecule has 0 radical (unpaired) electrons. The lowest BCUT2D eigenvalue weighted by Crippen LogP contribution is -2.24. The standard InChI is InChI=1S/C15H22N2O3/c16-15(18)7-9-20-14-5-3-13(4-6-14)17-10-12-2-1-8-19-11-12/h3-6,12,17H,1-2,7-11H2,(H2,16,18). The van der Waals surface area contributed by atoms with Gasteiger partial charge in [0.05, 0.1) is 19.6 Å². The van der Waals surface area contributed by atoms with Crippen LogP contribution in [0.15, 0.2) is 24.3 Å². The van der Waals surface area contributed by atoms with Crippen LogP contribution in [-0.2, 0) is 9.53 Å². The summed E-state index contributed by atoms with van der Waals surface area (Å²) in [7, 11) is 0. The Morgan fingerprint density at radius 1 is 1.40 bits per heavy atom. The molecule has 1 atom stereocenters. The molecule has 5 heteroatoms. The van der Waals surface area contributed by atoms with Gasteiger partial charge in [0, 0.05) is 18.8 Å². The summed E-state index contributed by atoms with van der Waals surface area (Å²) in [6, 6.07) is 7.73. The molecule has 5 nitrogen and oxygen atoms in total. The van der Waals surface area contributed by atoms with E-state index in [0.717, 1.165) is 37.6 Å². The molecule has 1 aromatic carbocycles. The maximum Gasteiger partial charge on any atom is 0.220 e. The highest BCUT2D eigenvalue weighted by Crippen LogP contribution is 2.18. The van der Waals surface area contributed by atoms with Gasteiger partial charge in [-0.2, -0.15) is 0 Å². The summed E-state index contributed by atoms with van der Waals surface area (Å²) in [5, 5.41) is 3.41.